The Morgan fingerprint density at radius 1 is 1.82 bits per heavy atom. The van der Waals surface area contributed by atoms with E-state index < -0.39 is 14.7 Å². The van der Waals surface area contributed by atoms with Crippen molar-refractivity contribution < 1.29 is 17.9 Å². The number of nitrogens with one attached hydrogen (secondary N) is 1. The first kappa shape index (κ1) is 9.91. The van der Waals surface area contributed by atoms with Gasteiger partial charge >= 0.3 is 5.69 Å². The minimum absolute atomic E-state index is 0.463. The molecule has 2 N–H and O–H groups in total. The molecule has 0 amide bonds. The molecule has 0 aliphatic carbocycles. The Morgan fingerprint density at radius 3 is 2.82 bits per heavy atom. The molecule has 0 aromatic heterocycles. The summed E-state index contributed by atoms with van der Waals surface area (Å²) in [6, 6.07) is 0. The van der Waals surface area contributed by atoms with E-state index in [-0.39, 0.29) is 0 Å². The molecule has 0 bridgehead atoms. The Labute approximate surface area is 71.8 Å². The molecule has 0 spiro atoms. The van der Waals surface area contributed by atoms with E-state index in [0.717, 1.165) is 10.9 Å². The van der Waals surface area contributed by atoms with E-state index in [0.29, 0.717) is 16.2 Å². The molecule has 1 aliphatic rings. The molecule has 66 valence electrons. The monoisotopic (exact) mass is 236 g/mol. The van der Waals surface area contributed by atoms with Crippen molar-refractivity contribution in [3.63, 3.8) is 0 Å². The third kappa shape index (κ3) is 2.66. The summed E-state index contributed by atoms with van der Waals surface area (Å²) in [5.41, 5.74) is -2.81. The highest BCUT2D eigenvalue weighted by Gasteiger charge is 2.45. The maximum atomic E-state index is 10.7. The van der Waals surface area contributed by atoms with E-state index in [1.807, 2.05) is 6.92 Å². The second-order valence-corrected chi connectivity index (χ2v) is 12.3. The van der Waals surface area contributed by atoms with Gasteiger partial charge in [-0.15, -0.1) is 0 Å². The van der Waals surface area contributed by atoms with Gasteiger partial charge in [0.1, 0.15) is 10.4 Å². The van der Waals surface area contributed by atoms with E-state index in [9.17, 15) is 13.3 Å². The largest absolute Gasteiger partial charge is 0.466 e. The summed E-state index contributed by atoms with van der Waals surface area (Å²) >= 11 is 0. The van der Waals surface area contributed by atoms with E-state index in [1.165, 1.54) is 0 Å². The van der Waals surface area contributed by atoms with Crippen molar-refractivity contribution in [3.05, 3.63) is 0 Å². The molecule has 1 unspecified atom stereocenters. The predicted octanol–water partition coefficient (Wildman–Crippen LogP) is 0.272. The number of hydrogen-bond acceptors (Lipinski definition) is 4. The van der Waals surface area contributed by atoms with E-state index in [4.69, 9.17) is 0 Å². The molecule has 1 saturated heterocycles. The van der Waals surface area contributed by atoms with Crippen LogP contribution in [0, 0.1) is 0 Å². The molecule has 0 aromatic rings. The summed E-state index contributed by atoms with van der Waals surface area (Å²) in [5.74, 6) is 0.620. The van der Waals surface area contributed by atoms with Gasteiger partial charge in [0.2, 0.25) is 10.9 Å². The molecule has 5 nitrogen and oxygen atoms in total. The molecule has 1 rings (SSSR count). The molecule has 1 heterocycles. The molecule has 0 radical (unpaired) electrons. The summed E-state index contributed by atoms with van der Waals surface area (Å²) in [7, 11) is -1.88. The molecular weight excluding hydrogens is 229 g/mol. The van der Waals surface area contributed by atoms with Gasteiger partial charge in [-0.1, -0.05) is 4.89 Å². The average molecular weight is 236 g/mol. The molecule has 1 fully saturated rings. The van der Waals surface area contributed by atoms with Crippen molar-refractivity contribution >= 4 is 36.1 Å². The lowest BCUT2D eigenvalue weighted by molar-refractivity contribution is 0.282. The summed E-state index contributed by atoms with van der Waals surface area (Å²) in [6.07, 6.45) is 0. The van der Waals surface area contributed by atoms with Gasteiger partial charge in [-0.2, -0.15) is 13.0 Å². The minimum Gasteiger partial charge on any atom is -0.302 e. The van der Waals surface area contributed by atoms with E-state index >= 15 is 0 Å². The van der Waals surface area contributed by atoms with Crippen molar-refractivity contribution in [1.29, 1.82) is 0 Å². The first-order valence-corrected chi connectivity index (χ1v) is 9.32. The lowest BCUT2D eigenvalue weighted by Gasteiger charge is -1.88. The van der Waals surface area contributed by atoms with Crippen LogP contribution in [-0.4, -0.2) is 19.1 Å². The fourth-order valence-corrected chi connectivity index (χ4v) is 12.4. The van der Waals surface area contributed by atoms with Crippen LogP contribution in [0.5, 0.6) is 0 Å². The maximum Gasteiger partial charge on any atom is 0.466 e. The van der Waals surface area contributed by atoms with Gasteiger partial charge in [-0.05, 0) is 6.92 Å². The lowest BCUT2D eigenvalue weighted by Crippen LogP contribution is -2.09. The molecule has 9 heteroatoms. The molecule has 1 aliphatic heterocycles. The van der Waals surface area contributed by atoms with Crippen LogP contribution in [0.2, 0.25) is 0 Å². The van der Waals surface area contributed by atoms with Gasteiger partial charge in [-0.3, -0.25) is 0 Å². The third-order valence-electron chi connectivity index (χ3n) is 0.739. The summed E-state index contributed by atoms with van der Waals surface area (Å²) in [5, 5.41) is 0. The van der Waals surface area contributed by atoms with Crippen LogP contribution in [0.25, 0.3) is 0 Å². The molecular formula is C2H7NO4PS3+. The van der Waals surface area contributed by atoms with Crippen LogP contribution in [0.4, 0.5) is 0 Å². The topological polar surface area (TPSA) is 75.6 Å². The van der Waals surface area contributed by atoms with Crippen LogP contribution in [0.1, 0.15) is 6.92 Å². The number of rotatable bonds is 1. The van der Waals surface area contributed by atoms with Gasteiger partial charge in [0, 0.05) is 0 Å². The highest BCUT2D eigenvalue weighted by Crippen LogP contribution is 2.63. The van der Waals surface area contributed by atoms with Gasteiger partial charge in [0.25, 0.3) is 9.06 Å². The van der Waals surface area contributed by atoms with E-state index in [1.54, 1.807) is 4.89 Å². The highest BCUT2D eigenvalue weighted by molar-refractivity contribution is 9.01. The second-order valence-electron chi connectivity index (χ2n) is 1.59. The van der Waals surface area contributed by atoms with Crippen molar-refractivity contribution in [2.45, 2.75) is 6.92 Å². The Morgan fingerprint density at radius 2 is 2.45 bits per heavy atom. The number of hydrogen-bond donors (Lipinski definition) is 2. The standard InChI is InChI=1S/C2H7NO4PS3/c1-2-9-8(4)7-3-11(5,6)10-8/h3-4H,2H2,1H3/q+1. The smallest absolute Gasteiger partial charge is 0.302 e. The van der Waals surface area contributed by atoms with Crippen LogP contribution >= 0.6 is 16.1 Å². The SMILES string of the molecule is CC[S+]=P1(O)ONS(=O)(=O)S1. The maximum absolute atomic E-state index is 10.7. The van der Waals surface area contributed by atoms with Crippen LogP contribution in [0.15, 0.2) is 0 Å². The van der Waals surface area contributed by atoms with Crippen molar-refractivity contribution in [2.75, 3.05) is 5.75 Å². The van der Waals surface area contributed by atoms with E-state index in [2.05, 4.69) is 4.62 Å². The summed E-state index contributed by atoms with van der Waals surface area (Å²) in [6.45, 7) is 1.82. The van der Waals surface area contributed by atoms with Gasteiger partial charge in [0.05, 0.1) is 0 Å². The Bertz CT molecular complexity index is 296. The van der Waals surface area contributed by atoms with Crippen molar-refractivity contribution in [3.8, 4) is 0 Å². The average Bonchev–Trinajstić information content (AvgIpc) is 2.07. The van der Waals surface area contributed by atoms with Crippen LogP contribution in [-0.2, 0) is 24.6 Å². The van der Waals surface area contributed by atoms with Crippen molar-refractivity contribution in [1.82, 2.24) is 4.89 Å². The first-order valence-electron chi connectivity index (χ1n) is 2.65. The Hall–Kier alpha value is 0.830. The molecule has 1 atom stereocenters. The third-order valence-corrected chi connectivity index (χ3v) is 12.1. The lowest BCUT2D eigenvalue weighted by atomic mass is 11.0. The quantitative estimate of drug-likeness (QED) is 0.388. The molecule has 0 saturated carbocycles. The van der Waals surface area contributed by atoms with Gasteiger partial charge < -0.3 is 4.89 Å². The van der Waals surface area contributed by atoms with Gasteiger partial charge in [-0.25, -0.2) is 0 Å². The predicted molar refractivity (Wildman–Crippen MR) is 47.8 cm³/mol. The first-order chi connectivity index (χ1) is 4.97. The molecule has 0 aromatic carbocycles. The summed E-state index contributed by atoms with van der Waals surface area (Å²) < 4.78 is 26.0. The van der Waals surface area contributed by atoms with Crippen LogP contribution in [0.3, 0.4) is 0 Å². The second kappa shape index (κ2) is 3.29. The zero-order valence-corrected chi connectivity index (χ0v) is 8.89. The van der Waals surface area contributed by atoms with Crippen molar-refractivity contribution in [2.24, 2.45) is 0 Å². The fourth-order valence-electron chi connectivity index (χ4n) is 0.458. The van der Waals surface area contributed by atoms with Crippen LogP contribution < -0.4 is 4.89 Å². The Balaban J connectivity index is 2.90. The normalized spacial score (nSPS) is 35.5. The summed E-state index contributed by atoms with van der Waals surface area (Å²) in [4.78, 5) is 11.2. The zero-order chi connectivity index (χ0) is 8.54. The molecule has 11 heavy (non-hydrogen) atoms. The Kier molecular flexibility index (Phi) is 2.97. The highest BCUT2D eigenvalue weighted by atomic mass is 33.4. The minimum atomic E-state index is -3.45. The zero-order valence-electron chi connectivity index (χ0n) is 5.55. The fraction of sp³-hybridized carbons (Fsp3) is 1.00. The van der Waals surface area contributed by atoms with Gasteiger partial charge in [0.15, 0.2) is 5.75 Å².